The molecule has 5 heteroatoms. The van der Waals surface area contributed by atoms with Gasteiger partial charge in [-0.15, -0.1) is 11.3 Å². The Morgan fingerprint density at radius 3 is 2.63 bits per heavy atom. The molecule has 0 spiro atoms. The van der Waals surface area contributed by atoms with E-state index in [1.54, 1.807) is 12.1 Å². The lowest BCUT2D eigenvalue weighted by atomic mass is 9.93. The molecule has 0 radical (unpaired) electrons. The van der Waals surface area contributed by atoms with Crippen LogP contribution in [0.25, 0.3) is 0 Å². The summed E-state index contributed by atoms with van der Waals surface area (Å²) >= 11 is 1.44. The van der Waals surface area contributed by atoms with E-state index in [0.717, 1.165) is 5.69 Å². The fourth-order valence-corrected chi connectivity index (χ4v) is 2.43. The number of hydrogen-bond acceptors (Lipinski definition) is 4. The molecule has 1 aromatic heterocycles. The number of thiazole rings is 1. The third kappa shape index (κ3) is 3.09. The molecule has 2 rings (SSSR count). The zero-order chi connectivity index (χ0) is 14.0. The molecule has 0 aliphatic carbocycles. The summed E-state index contributed by atoms with van der Waals surface area (Å²) in [5.74, 6) is -0.452. The molecule has 1 aromatic carbocycles. The van der Waals surface area contributed by atoms with Crippen molar-refractivity contribution in [2.75, 3.05) is 5.32 Å². The van der Waals surface area contributed by atoms with Crippen LogP contribution in [0.1, 0.15) is 32.0 Å². The van der Waals surface area contributed by atoms with Crippen molar-refractivity contribution in [3.8, 4) is 6.07 Å². The second-order valence-electron chi connectivity index (χ2n) is 5.22. The van der Waals surface area contributed by atoms with Gasteiger partial charge in [-0.25, -0.2) is 9.37 Å². The highest BCUT2D eigenvalue weighted by molar-refractivity contribution is 7.13. The molecule has 98 valence electrons. The molecule has 0 amide bonds. The van der Waals surface area contributed by atoms with Gasteiger partial charge in [-0.1, -0.05) is 20.8 Å². The highest BCUT2D eigenvalue weighted by Gasteiger charge is 2.17. The minimum atomic E-state index is -0.452. The summed E-state index contributed by atoms with van der Waals surface area (Å²) in [6, 6.07) is 6.23. The maximum atomic E-state index is 13.7. The molecule has 2 aromatic rings. The Kier molecular flexibility index (Phi) is 3.54. The van der Waals surface area contributed by atoms with Crippen LogP contribution >= 0.6 is 11.3 Å². The number of halogens is 1. The lowest BCUT2D eigenvalue weighted by Gasteiger charge is -2.14. The predicted molar refractivity (Wildman–Crippen MR) is 75.2 cm³/mol. The molecule has 0 saturated heterocycles. The number of benzene rings is 1. The lowest BCUT2D eigenvalue weighted by molar-refractivity contribution is 0.573. The molecule has 0 fully saturated rings. The van der Waals surface area contributed by atoms with Gasteiger partial charge >= 0.3 is 0 Å². The van der Waals surface area contributed by atoms with Crippen molar-refractivity contribution in [3.63, 3.8) is 0 Å². The monoisotopic (exact) mass is 275 g/mol. The quantitative estimate of drug-likeness (QED) is 0.893. The first-order valence-electron chi connectivity index (χ1n) is 5.83. The van der Waals surface area contributed by atoms with Gasteiger partial charge in [0, 0.05) is 10.8 Å². The first kappa shape index (κ1) is 13.5. The van der Waals surface area contributed by atoms with Crippen molar-refractivity contribution in [2.24, 2.45) is 0 Å². The number of aromatic nitrogens is 1. The van der Waals surface area contributed by atoms with Gasteiger partial charge in [0.25, 0.3) is 0 Å². The van der Waals surface area contributed by atoms with E-state index in [-0.39, 0.29) is 5.41 Å². The number of nitriles is 1. The Balaban J connectivity index is 2.22. The summed E-state index contributed by atoms with van der Waals surface area (Å²) in [6.07, 6.45) is 0. The third-order valence-corrected chi connectivity index (χ3v) is 3.37. The largest absolute Gasteiger partial charge is 0.329 e. The summed E-state index contributed by atoms with van der Waals surface area (Å²) in [5, 5.41) is 14.2. The van der Waals surface area contributed by atoms with Gasteiger partial charge in [-0.2, -0.15) is 5.26 Å². The standard InChI is InChI=1S/C14H14FN3S/c1-14(2,3)12-8-19-13(18-12)17-11-5-4-9(7-16)6-10(11)15/h4-6,8H,1-3H3,(H,17,18). The number of anilines is 2. The first-order valence-corrected chi connectivity index (χ1v) is 6.71. The fraction of sp³-hybridized carbons (Fsp3) is 0.286. The van der Waals surface area contributed by atoms with Crippen molar-refractivity contribution >= 4 is 22.2 Å². The van der Waals surface area contributed by atoms with E-state index in [0.29, 0.717) is 16.4 Å². The van der Waals surface area contributed by atoms with Crippen LogP contribution in [0.15, 0.2) is 23.6 Å². The van der Waals surface area contributed by atoms with E-state index < -0.39 is 5.82 Å². The molecular formula is C14H14FN3S. The SMILES string of the molecule is CC(C)(C)c1csc(Nc2ccc(C#N)cc2F)n1. The maximum absolute atomic E-state index is 13.7. The minimum absolute atomic E-state index is 0.0281. The second kappa shape index (κ2) is 4.98. The molecule has 1 N–H and O–H groups in total. The summed E-state index contributed by atoms with van der Waals surface area (Å²) in [5.41, 5.74) is 1.57. The van der Waals surface area contributed by atoms with Gasteiger partial charge in [0.1, 0.15) is 5.82 Å². The van der Waals surface area contributed by atoms with Crippen molar-refractivity contribution in [2.45, 2.75) is 26.2 Å². The van der Waals surface area contributed by atoms with E-state index in [2.05, 4.69) is 31.1 Å². The maximum Gasteiger partial charge on any atom is 0.187 e. The van der Waals surface area contributed by atoms with E-state index in [9.17, 15) is 4.39 Å². The Hall–Kier alpha value is -1.93. The van der Waals surface area contributed by atoms with Gasteiger partial charge in [0.15, 0.2) is 5.13 Å². The topological polar surface area (TPSA) is 48.7 Å². The van der Waals surface area contributed by atoms with Crippen LogP contribution in [0.5, 0.6) is 0 Å². The first-order chi connectivity index (χ1) is 8.90. The van der Waals surface area contributed by atoms with Crippen molar-refractivity contribution in [1.82, 2.24) is 4.98 Å². The van der Waals surface area contributed by atoms with Crippen molar-refractivity contribution in [1.29, 1.82) is 5.26 Å². The van der Waals surface area contributed by atoms with Crippen LogP contribution in [0.4, 0.5) is 15.2 Å². The highest BCUT2D eigenvalue weighted by Crippen LogP contribution is 2.29. The summed E-state index contributed by atoms with van der Waals surface area (Å²) < 4.78 is 13.7. The normalized spacial score (nSPS) is 11.1. The smallest absolute Gasteiger partial charge is 0.187 e. The minimum Gasteiger partial charge on any atom is -0.329 e. The van der Waals surface area contributed by atoms with Crippen LogP contribution in [0.2, 0.25) is 0 Å². The molecule has 0 atom stereocenters. The number of hydrogen-bond donors (Lipinski definition) is 1. The van der Waals surface area contributed by atoms with Gasteiger partial charge in [-0.05, 0) is 18.2 Å². The molecule has 19 heavy (non-hydrogen) atoms. The van der Waals surface area contributed by atoms with Gasteiger partial charge in [0.05, 0.1) is 23.0 Å². The Morgan fingerprint density at radius 2 is 2.11 bits per heavy atom. The highest BCUT2D eigenvalue weighted by atomic mass is 32.1. The van der Waals surface area contributed by atoms with E-state index >= 15 is 0 Å². The Bertz CT molecular complexity index is 635. The van der Waals surface area contributed by atoms with Gasteiger partial charge in [0.2, 0.25) is 0 Å². The number of rotatable bonds is 2. The average Bonchev–Trinajstić information content (AvgIpc) is 2.80. The Morgan fingerprint density at radius 1 is 1.37 bits per heavy atom. The van der Waals surface area contributed by atoms with Crippen LogP contribution < -0.4 is 5.32 Å². The molecule has 0 aliphatic rings. The molecule has 0 aliphatic heterocycles. The Labute approximate surface area is 115 Å². The van der Waals surface area contributed by atoms with Crippen LogP contribution in [-0.4, -0.2) is 4.98 Å². The fourth-order valence-electron chi connectivity index (χ4n) is 1.48. The van der Waals surface area contributed by atoms with Crippen LogP contribution in [-0.2, 0) is 5.41 Å². The summed E-state index contributed by atoms with van der Waals surface area (Å²) in [6.45, 7) is 6.23. The van der Waals surface area contributed by atoms with Crippen molar-refractivity contribution < 1.29 is 4.39 Å². The number of nitrogens with one attached hydrogen (secondary N) is 1. The molecule has 1 heterocycles. The summed E-state index contributed by atoms with van der Waals surface area (Å²) in [7, 11) is 0. The van der Waals surface area contributed by atoms with Gasteiger partial charge < -0.3 is 5.32 Å². The average molecular weight is 275 g/mol. The second-order valence-corrected chi connectivity index (χ2v) is 6.08. The van der Waals surface area contributed by atoms with Crippen LogP contribution in [0.3, 0.4) is 0 Å². The van der Waals surface area contributed by atoms with E-state index in [1.807, 2.05) is 11.4 Å². The molecular weight excluding hydrogens is 261 g/mol. The zero-order valence-electron chi connectivity index (χ0n) is 11.0. The number of nitrogens with zero attached hydrogens (tertiary/aromatic N) is 2. The van der Waals surface area contributed by atoms with Gasteiger partial charge in [-0.3, -0.25) is 0 Å². The molecule has 0 bridgehead atoms. The lowest BCUT2D eigenvalue weighted by Crippen LogP contribution is -2.11. The predicted octanol–water partition coefficient (Wildman–Crippen LogP) is 4.19. The van der Waals surface area contributed by atoms with Crippen molar-refractivity contribution in [3.05, 3.63) is 40.7 Å². The molecule has 3 nitrogen and oxygen atoms in total. The zero-order valence-corrected chi connectivity index (χ0v) is 11.8. The van der Waals surface area contributed by atoms with Crippen LogP contribution in [0, 0.1) is 17.1 Å². The third-order valence-electron chi connectivity index (χ3n) is 2.61. The molecule has 0 unspecified atom stereocenters. The summed E-state index contributed by atoms with van der Waals surface area (Å²) in [4.78, 5) is 4.44. The van der Waals surface area contributed by atoms with E-state index in [4.69, 9.17) is 5.26 Å². The van der Waals surface area contributed by atoms with E-state index in [1.165, 1.54) is 17.4 Å². The molecule has 0 saturated carbocycles.